The summed E-state index contributed by atoms with van der Waals surface area (Å²) < 4.78 is 0. The average molecular weight is 735 g/mol. The predicted octanol–water partition coefficient (Wildman–Crippen LogP) is 10.2. The Hall–Kier alpha value is -5.72. The standard InChI is InChI=1S/C44H30N4.Sn.2H/c1-5-13-29(14-6-1)38-27-37-26-35-22-21-33(45-35)25-34-23-24-36(46-34)28-39-40(30-15-7-2-8-16-30)41(31-17-9-3-10-18-31)44(48-39)42(43(38)47-37)32-19-11-4-12-20-32;;;/h1-28,45,48H;;;. The minimum atomic E-state index is 0. The average Bonchev–Trinajstić information content (AvgIpc) is 3.94. The molecule has 0 amide bonds. The van der Waals surface area contributed by atoms with E-state index in [1.165, 1.54) is 0 Å². The third-order valence-corrected chi connectivity index (χ3v) is 8.89. The zero-order chi connectivity index (χ0) is 31.9. The zero-order valence-electron chi connectivity index (χ0n) is 26.8. The second-order valence-electron chi connectivity index (χ2n) is 12.0. The van der Waals surface area contributed by atoms with Crippen molar-refractivity contribution in [3.63, 3.8) is 0 Å². The SMILES string of the molecule is C1=Cc2cc3[nH]c(c(-c4ccccc4)c4nc(cc5ccc(cc1n2)[nH]5)C=C4c1ccccc1)c(-c1ccccc1)c3-c1ccccc1.[SnH2]. The van der Waals surface area contributed by atoms with Gasteiger partial charge in [0, 0.05) is 38.8 Å². The summed E-state index contributed by atoms with van der Waals surface area (Å²) in [6.07, 6.45) is 6.35. The Morgan fingerprint density at radius 3 is 1.49 bits per heavy atom. The summed E-state index contributed by atoms with van der Waals surface area (Å²) in [5.74, 6) is 0. The molecule has 232 valence electrons. The van der Waals surface area contributed by atoms with Crippen molar-refractivity contribution in [3.05, 3.63) is 180 Å². The molecule has 49 heavy (non-hydrogen) atoms. The first-order valence-electron chi connectivity index (χ1n) is 16.2. The Morgan fingerprint density at radius 1 is 0.408 bits per heavy atom. The third kappa shape index (κ3) is 5.85. The number of rotatable bonds is 4. The van der Waals surface area contributed by atoms with Gasteiger partial charge in [-0.1, -0.05) is 121 Å². The second kappa shape index (κ2) is 13.1. The molecule has 2 N–H and O–H groups in total. The molecular formula is C44H32N4Sn. The molecular weight excluding hydrogens is 703 g/mol. The number of nitrogens with one attached hydrogen (secondary N) is 2. The summed E-state index contributed by atoms with van der Waals surface area (Å²) in [6, 6.07) is 53.0. The van der Waals surface area contributed by atoms with E-state index in [4.69, 9.17) is 9.97 Å². The molecule has 5 heterocycles. The van der Waals surface area contributed by atoms with E-state index >= 15 is 0 Å². The van der Waals surface area contributed by atoms with Crippen molar-refractivity contribution in [1.29, 1.82) is 0 Å². The monoisotopic (exact) mass is 736 g/mol. The van der Waals surface area contributed by atoms with Crippen molar-refractivity contribution >= 4 is 69.8 Å². The Kier molecular flexibility index (Phi) is 8.15. The Bertz CT molecular complexity index is 2530. The van der Waals surface area contributed by atoms with Crippen LogP contribution in [0.3, 0.4) is 0 Å². The number of nitrogens with zero attached hydrogens (tertiary/aromatic N) is 2. The molecule has 2 aliphatic rings. The van der Waals surface area contributed by atoms with Crippen LogP contribution in [-0.4, -0.2) is 43.8 Å². The van der Waals surface area contributed by atoms with Crippen LogP contribution in [-0.2, 0) is 0 Å². The molecule has 0 unspecified atom stereocenters. The van der Waals surface area contributed by atoms with Gasteiger partial charge in [-0.25, -0.2) is 9.97 Å². The first-order valence-corrected chi connectivity index (χ1v) is 16.2. The molecule has 0 saturated carbocycles. The molecule has 2 aliphatic heterocycles. The van der Waals surface area contributed by atoms with E-state index in [9.17, 15) is 0 Å². The molecule has 7 aromatic rings. The van der Waals surface area contributed by atoms with Crippen molar-refractivity contribution in [2.24, 2.45) is 0 Å². The van der Waals surface area contributed by atoms with Crippen LogP contribution in [0.5, 0.6) is 0 Å². The van der Waals surface area contributed by atoms with Gasteiger partial charge in [-0.3, -0.25) is 0 Å². The van der Waals surface area contributed by atoms with Crippen LogP contribution < -0.4 is 0 Å². The Morgan fingerprint density at radius 2 is 0.898 bits per heavy atom. The number of aromatic amines is 2. The number of aromatic nitrogens is 4. The van der Waals surface area contributed by atoms with Crippen LogP contribution in [0.4, 0.5) is 0 Å². The number of hydrogen-bond acceptors (Lipinski definition) is 2. The first kappa shape index (κ1) is 30.6. The number of hydrogen-bond donors (Lipinski definition) is 2. The van der Waals surface area contributed by atoms with E-state index in [-0.39, 0.29) is 23.9 Å². The molecule has 0 aliphatic carbocycles. The summed E-state index contributed by atoms with van der Waals surface area (Å²) in [4.78, 5) is 17.9. The Balaban J connectivity index is 0.00000348. The van der Waals surface area contributed by atoms with Gasteiger partial charge >= 0.3 is 23.9 Å². The summed E-state index contributed by atoms with van der Waals surface area (Å²) in [7, 11) is 0. The fourth-order valence-corrected chi connectivity index (χ4v) is 6.78. The van der Waals surface area contributed by atoms with E-state index in [1.807, 2.05) is 0 Å². The predicted molar refractivity (Wildman–Crippen MR) is 208 cm³/mol. The van der Waals surface area contributed by atoms with Crippen LogP contribution >= 0.6 is 0 Å². The summed E-state index contributed by atoms with van der Waals surface area (Å²) in [6.45, 7) is 0. The van der Waals surface area contributed by atoms with E-state index in [1.54, 1.807) is 0 Å². The summed E-state index contributed by atoms with van der Waals surface area (Å²) in [5, 5.41) is 0. The van der Waals surface area contributed by atoms with Crippen molar-refractivity contribution in [1.82, 2.24) is 19.9 Å². The van der Waals surface area contributed by atoms with Crippen LogP contribution in [0.1, 0.15) is 28.3 Å². The molecule has 4 nitrogen and oxygen atoms in total. The van der Waals surface area contributed by atoms with Gasteiger partial charge in [0.1, 0.15) is 0 Å². The number of H-pyrrole nitrogens is 2. The number of fused-ring (bicyclic) bond motifs is 8. The zero-order valence-corrected chi connectivity index (χ0v) is 30.8. The van der Waals surface area contributed by atoms with Gasteiger partial charge in [-0.15, -0.1) is 0 Å². The fourth-order valence-electron chi connectivity index (χ4n) is 6.78. The van der Waals surface area contributed by atoms with Crippen LogP contribution in [0, 0.1) is 0 Å². The van der Waals surface area contributed by atoms with E-state index in [0.29, 0.717) is 0 Å². The van der Waals surface area contributed by atoms with Crippen LogP contribution in [0.2, 0.25) is 0 Å². The van der Waals surface area contributed by atoms with Gasteiger partial charge in [0.15, 0.2) is 0 Å². The molecule has 3 aromatic heterocycles. The fraction of sp³-hybridized carbons (Fsp3) is 0. The quantitative estimate of drug-likeness (QED) is 0.177. The van der Waals surface area contributed by atoms with Gasteiger partial charge in [-0.05, 0) is 70.8 Å². The molecule has 0 spiro atoms. The summed E-state index contributed by atoms with van der Waals surface area (Å²) in [5.41, 5.74) is 16.3. The molecule has 0 fully saturated rings. The van der Waals surface area contributed by atoms with Gasteiger partial charge in [-0.2, -0.15) is 0 Å². The van der Waals surface area contributed by atoms with Crippen molar-refractivity contribution in [3.8, 4) is 33.4 Å². The van der Waals surface area contributed by atoms with Crippen molar-refractivity contribution in [2.45, 2.75) is 0 Å². The van der Waals surface area contributed by atoms with E-state index < -0.39 is 0 Å². The molecule has 0 saturated heterocycles. The Labute approximate surface area is 301 Å². The van der Waals surface area contributed by atoms with Gasteiger partial charge in [0.2, 0.25) is 0 Å². The molecule has 2 radical (unpaired) electrons. The van der Waals surface area contributed by atoms with Crippen molar-refractivity contribution < 1.29 is 0 Å². The van der Waals surface area contributed by atoms with Gasteiger partial charge < -0.3 is 9.97 Å². The summed E-state index contributed by atoms with van der Waals surface area (Å²) >= 11 is 0. The minimum absolute atomic E-state index is 0. The second-order valence-corrected chi connectivity index (χ2v) is 12.0. The molecule has 0 atom stereocenters. The normalized spacial score (nSPS) is 12.0. The van der Waals surface area contributed by atoms with Gasteiger partial charge in [0.05, 0.1) is 28.3 Å². The van der Waals surface area contributed by atoms with Crippen LogP contribution in [0.15, 0.2) is 152 Å². The first-order chi connectivity index (χ1) is 23.8. The van der Waals surface area contributed by atoms with Crippen molar-refractivity contribution in [2.75, 3.05) is 0 Å². The molecule has 5 heteroatoms. The van der Waals surface area contributed by atoms with Gasteiger partial charge in [0.25, 0.3) is 0 Å². The molecule has 4 aromatic carbocycles. The maximum atomic E-state index is 5.42. The third-order valence-electron chi connectivity index (χ3n) is 8.89. The molecule has 9 rings (SSSR count). The van der Waals surface area contributed by atoms with E-state index in [2.05, 4.69) is 180 Å². The van der Waals surface area contributed by atoms with Crippen LogP contribution in [0.25, 0.3) is 79.2 Å². The number of benzene rings is 4. The molecule has 8 bridgehead atoms. The van der Waals surface area contributed by atoms with E-state index in [0.717, 1.165) is 89.4 Å². The maximum absolute atomic E-state index is 5.42. The topological polar surface area (TPSA) is 57.4 Å².